The second-order valence-corrected chi connectivity index (χ2v) is 4.52. The van der Waals surface area contributed by atoms with Crippen LogP contribution in [0.15, 0.2) is 0 Å². The summed E-state index contributed by atoms with van der Waals surface area (Å²) in [4.78, 5) is 0. The molecule has 0 aromatic rings. The maximum atomic E-state index is 2.39. The molecule has 0 amide bonds. The molecule has 0 aromatic heterocycles. The molecule has 1 saturated carbocycles. The minimum atomic E-state index is 0.772. The Hall–Kier alpha value is 0. The van der Waals surface area contributed by atoms with E-state index in [0.29, 0.717) is 0 Å². The van der Waals surface area contributed by atoms with E-state index in [9.17, 15) is 0 Å². The van der Waals surface area contributed by atoms with Crippen LogP contribution >= 0.6 is 0 Å². The first kappa shape index (κ1) is 10.1. The van der Waals surface area contributed by atoms with E-state index in [-0.39, 0.29) is 0 Å². The fourth-order valence-corrected chi connectivity index (χ4v) is 2.63. The van der Waals surface area contributed by atoms with Crippen molar-refractivity contribution in [3.8, 4) is 0 Å². The van der Waals surface area contributed by atoms with Gasteiger partial charge in [0.25, 0.3) is 0 Å². The molecule has 1 aliphatic carbocycles. The molecule has 0 atom stereocenters. The van der Waals surface area contributed by atoms with E-state index in [0.717, 1.165) is 5.41 Å². The van der Waals surface area contributed by atoms with Gasteiger partial charge in [0, 0.05) is 0 Å². The lowest BCUT2D eigenvalue weighted by Gasteiger charge is -2.36. The summed E-state index contributed by atoms with van der Waals surface area (Å²) >= 11 is 0. The van der Waals surface area contributed by atoms with Crippen LogP contribution in [0.1, 0.15) is 71.6 Å². The summed E-state index contributed by atoms with van der Waals surface area (Å²) in [6.45, 7) is 4.70. The standard InChI is InChI=1S/C12H24/c1-3-5-9-12(4-2)10-7-6-8-11-12/h3-11H2,1-2H3. The van der Waals surface area contributed by atoms with E-state index < -0.39 is 0 Å². The van der Waals surface area contributed by atoms with Crippen molar-refractivity contribution in [2.75, 3.05) is 0 Å². The molecular formula is C12H24. The Morgan fingerprint density at radius 2 is 1.67 bits per heavy atom. The van der Waals surface area contributed by atoms with Gasteiger partial charge in [-0.3, -0.25) is 0 Å². The lowest BCUT2D eigenvalue weighted by molar-refractivity contribution is 0.160. The van der Waals surface area contributed by atoms with Crippen molar-refractivity contribution in [1.29, 1.82) is 0 Å². The Kier molecular flexibility index (Phi) is 4.11. The van der Waals surface area contributed by atoms with Crippen LogP contribution in [0.5, 0.6) is 0 Å². The zero-order valence-electron chi connectivity index (χ0n) is 8.86. The summed E-state index contributed by atoms with van der Waals surface area (Å²) in [5, 5.41) is 0. The maximum Gasteiger partial charge on any atom is -0.0300 e. The van der Waals surface area contributed by atoms with E-state index in [4.69, 9.17) is 0 Å². The third-order valence-electron chi connectivity index (χ3n) is 3.72. The highest BCUT2D eigenvalue weighted by Crippen LogP contribution is 2.42. The van der Waals surface area contributed by atoms with Gasteiger partial charge in [-0.15, -0.1) is 0 Å². The lowest BCUT2D eigenvalue weighted by Crippen LogP contribution is -2.22. The molecular weight excluding hydrogens is 144 g/mol. The van der Waals surface area contributed by atoms with Gasteiger partial charge in [-0.1, -0.05) is 52.4 Å². The molecule has 0 heterocycles. The van der Waals surface area contributed by atoms with Crippen LogP contribution in [0.25, 0.3) is 0 Å². The van der Waals surface area contributed by atoms with Crippen LogP contribution in [-0.4, -0.2) is 0 Å². The van der Waals surface area contributed by atoms with Gasteiger partial charge in [-0.2, -0.15) is 0 Å². The summed E-state index contributed by atoms with van der Waals surface area (Å²) in [5.74, 6) is 0. The SMILES string of the molecule is CCCCC1(CC)CCCCC1. The predicted octanol–water partition coefficient (Wildman–Crippen LogP) is 4.54. The Bertz CT molecular complexity index is 109. The van der Waals surface area contributed by atoms with Crippen molar-refractivity contribution < 1.29 is 0 Å². The van der Waals surface area contributed by atoms with Gasteiger partial charge >= 0.3 is 0 Å². The molecule has 1 aliphatic rings. The van der Waals surface area contributed by atoms with E-state index in [2.05, 4.69) is 13.8 Å². The average Bonchev–Trinajstić information content (AvgIpc) is 2.16. The molecule has 72 valence electrons. The molecule has 12 heavy (non-hydrogen) atoms. The molecule has 0 aromatic carbocycles. The maximum absolute atomic E-state index is 2.39. The molecule has 0 radical (unpaired) electrons. The first-order chi connectivity index (χ1) is 5.83. The third-order valence-corrected chi connectivity index (χ3v) is 3.72. The minimum Gasteiger partial charge on any atom is -0.0654 e. The quantitative estimate of drug-likeness (QED) is 0.578. The topological polar surface area (TPSA) is 0 Å². The highest BCUT2D eigenvalue weighted by atomic mass is 14.3. The second-order valence-electron chi connectivity index (χ2n) is 4.52. The largest absolute Gasteiger partial charge is 0.0654 e. The first-order valence-corrected chi connectivity index (χ1v) is 5.83. The van der Waals surface area contributed by atoms with Gasteiger partial charge in [-0.05, 0) is 24.7 Å². The lowest BCUT2D eigenvalue weighted by atomic mass is 9.69. The average molecular weight is 168 g/mol. The zero-order chi connectivity index (χ0) is 8.86. The van der Waals surface area contributed by atoms with Gasteiger partial charge in [0.2, 0.25) is 0 Å². The molecule has 0 saturated heterocycles. The van der Waals surface area contributed by atoms with Crippen LogP contribution in [0.2, 0.25) is 0 Å². The van der Waals surface area contributed by atoms with E-state index in [1.54, 1.807) is 0 Å². The predicted molar refractivity (Wildman–Crippen MR) is 55.3 cm³/mol. The summed E-state index contributed by atoms with van der Waals surface area (Å²) in [7, 11) is 0. The number of rotatable bonds is 4. The van der Waals surface area contributed by atoms with Crippen molar-refractivity contribution in [3.05, 3.63) is 0 Å². The summed E-state index contributed by atoms with van der Waals surface area (Å²) < 4.78 is 0. The number of hydrogen-bond donors (Lipinski definition) is 0. The Balaban J connectivity index is 2.37. The molecule has 1 rings (SSSR count). The fraction of sp³-hybridized carbons (Fsp3) is 1.00. The second kappa shape index (κ2) is 4.89. The van der Waals surface area contributed by atoms with Crippen LogP contribution in [0.4, 0.5) is 0 Å². The highest BCUT2D eigenvalue weighted by Gasteiger charge is 2.28. The van der Waals surface area contributed by atoms with E-state index in [1.165, 1.54) is 57.8 Å². The zero-order valence-corrected chi connectivity index (χ0v) is 8.86. The van der Waals surface area contributed by atoms with E-state index >= 15 is 0 Å². The van der Waals surface area contributed by atoms with Gasteiger partial charge in [-0.25, -0.2) is 0 Å². The van der Waals surface area contributed by atoms with Gasteiger partial charge in [0.05, 0.1) is 0 Å². The van der Waals surface area contributed by atoms with Crippen molar-refractivity contribution in [2.24, 2.45) is 5.41 Å². The third kappa shape index (κ3) is 2.50. The Labute approximate surface area is 77.7 Å². The summed E-state index contributed by atoms with van der Waals surface area (Å²) in [6, 6.07) is 0. The molecule has 0 N–H and O–H groups in total. The van der Waals surface area contributed by atoms with Crippen LogP contribution in [0, 0.1) is 5.41 Å². The normalized spacial score (nSPS) is 22.5. The Morgan fingerprint density at radius 1 is 1.00 bits per heavy atom. The smallest absolute Gasteiger partial charge is 0.0300 e. The molecule has 0 heteroatoms. The van der Waals surface area contributed by atoms with Crippen LogP contribution < -0.4 is 0 Å². The fourth-order valence-electron chi connectivity index (χ4n) is 2.63. The number of unbranched alkanes of at least 4 members (excludes halogenated alkanes) is 1. The van der Waals surface area contributed by atoms with Crippen LogP contribution in [0.3, 0.4) is 0 Å². The van der Waals surface area contributed by atoms with E-state index in [1.807, 2.05) is 0 Å². The van der Waals surface area contributed by atoms with Crippen LogP contribution in [-0.2, 0) is 0 Å². The molecule has 0 nitrogen and oxygen atoms in total. The molecule has 0 aliphatic heterocycles. The molecule has 0 bridgehead atoms. The number of hydrogen-bond acceptors (Lipinski definition) is 0. The van der Waals surface area contributed by atoms with Gasteiger partial charge in [0.1, 0.15) is 0 Å². The van der Waals surface area contributed by atoms with Crippen molar-refractivity contribution >= 4 is 0 Å². The highest BCUT2D eigenvalue weighted by molar-refractivity contribution is 4.81. The summed E-state index contributed by atoms with van der Waals surface area (Å²) in [5.41, 5.74) is 0.772. The molecule has 0 spiro atoms. The van der Waals surface area contributed by atoms with Crippen molar-refractivity contribution in [3.63, 3.8) is 0 Å². The van der Waals surface area contributed by atoms with Crippen molar-refractivity contribution in [2.45, 2.75) is 71.6 Å². The first-order valence-electron chi connectivity index (χ1n) is 5.83. The van der Waals surface area contributed by atoms with Gasteiger partial charge < -0.3 is 0 Å². The van der Waals surface area contributed by atoms with Gasteiger partial charge in [0.15, 0.2) is 0 Å². The van der Waals surface area contributed by atoms with Crippen molar-refractivity contribution in [1.82, 2.24) is 0 Å². The minimum absolute atomic E-state index is 0.772. The summed E-state index contributed by atoms with van der Waals surface area (Å²) in [6.07, 6.45) is 13.3. The Morgan fingerprint density at radius 3 is 2.17 bits per heavy atom. The monoisotopic (exact) mass is 168 g/mol. The molecule has 1 fully saturated rings. The molecule has 0 unspecified atom stereocenters.